The van der Waals surface area contributed by atoms with Gasteiger partial charge in [0.05, 0.1) is 0 Å². The van der Waals surface area contributed by atoms with E-state index in [1.54, 1.807) is 0 Å². The van der Waals surface area contributed by atoms with E-state index in [1.807, 2.05) is 0 Å². The lowest BCUT2D eigenvalue weighted by molar-refractivity contribution is 0.217. The zero-order valence-corrected chi connectivity index (χ0v) is 12.5. The molecule has 0 aliphatic heterocycles. The smallest absolute Gasteiger partial charge is 0.0475 e. The molecule has 2 atom stereocenters. The molecule has 2 unspecified atom stereocenters. The summed E-state index contributed by atoms with van der Waals surface area (Å²) in [6.45, 7) is 11.0. The summed E-state index contributed by atoms with van der Waals surface area (Å²) in [6.07, 6.45) is 1.11. The Bertz CT molecular complexity index is 331. The van der Waals surface area contributed by atoms with Gasteiger partial charge in [0.2, 0.25) is 0 Å². The number of aryl methyl sites for hydroxylation is 1. The molecule has 1 aromatic rings. The van der Waals surface area contributed by atoms with E-state index in [9.17, 15) is 0 Å². The Morgan fingerprint density at radius 3 is 2.17 bits per heavy atom. The summed E-state index contributed by atoms with van der Waals surface area (Å²) in [5.41, 5.74) is 2.80. The zero-order valence-electron chi connectivity index (χ0n) is 12.5. The lowest BCUT2D eigenvalue weighted by atomic mass is 9.97. The van der Waals surface area contributed by atoms with Crippen molar-refractivity contribution >= 4 is 0 Å². The fourth-order valence-electron chi connectivity index (χ4n) is 2.29. The van der Waals surface area contributed by atoms with E-state index >= 15 is 0 Å². The SMILES string of the molecule is CCNC(c1ccc(CC)cc1)C(C)N(C)CC. The molecule has 102 valence electrons. The van der Waals surface area contributed by atoms with E-state index in [-0.39, 0.29) is 0 Å². The topological polar surface area (TPSA) is 15.3 Å². The van der Waals surface area contributed by atoms with E-state index in [2.05, 4.69) is 69.2 Å². The van der Waals surface area contributed by atoms with E-state index in [4.69, 9.17) is 0 Å². The Morgan fingerprint density at radius 1 is 1.11 bits per heavy atom. The van der Waals surface area contributed by atoms with Gasteiger partial charge in [-0.3, -0.25) is 0 Å². The first-order chi connectivity index (χ1) is 8.63. The van der Waals surface area contributed by atoms with Crippen LogP contribution in [-0.4, -0.2) is 31.1 Å². The number of hydrogen-bond acceptors (Lipinski definition) is 2. The van der Waals surface area contributed by atoms with Crippen LogP contribution in [0.5, 0.6) is 0 Å². The van der Waals surface area contributed by atoms with Gasteiger partial charge in [-0.1, -0.05) is 45.0 Å². The summed E-state index contributed by atoms with van der Waals surface area (Å²) in [5.74, 6) is 0. The van der Waals surface area contributed by atoms with Crippen LogP contribution in [0.2, 0.25) is 0 Å². The molecule has 0 heterocycles. The average Bonchev–Trinajstić information content (AvgIpc) is 2.43. The summed E-state index contributed by atoms with van der Waals surface area (Å²) in [5, 5.41) is 3.61. The fraction of sp³-hybridized carbons (Fsp3) is 0.625. The largest absolute Gasteiger partial charge is 0.309 e. The first-order valence-electron chi connectivity index (χ1n) is 7.16. The maximum atomic E-state index is 3.61. The van der Waals surface area contributed by atoms with Gasteiger partial charge in [-0.05, 0) is 44.6 Å². The molecule has 0 amide bonds. The Balaban J connectivity index is 2.88. The highest BCUT2D eigenvalue weighted by Gasteiger charge is 2.20. The van der Waals surface area contributed by atoms with E-state index in [1.165, 1.54) is 11.1 Å². The highest BCUT2D eigenvalue weighted by molar-refractivity contribution is 5.26. The minimum atomic E-state index is 0.408. The second-order valence-corrected chi connectivity index (χ2v) is 4.94. The van der Waals surface area contributed by atoms with Gasteiger partial charge in [-0.15, -0.1) is 0 Å². The van der Waals surface area contributed by atoms with Crippen molar-refractivity contribution in [3.05, 3.63) is 35.4 Å². The van der Waals surface area contributed by atoms with Gasteiger partial charge in [0, 0.05) is 12.1 Å². The molecule has 1 aromatic carbocycles. The second-order valence-electron chi connectivity index (χ2n) is 4.94. The van der Waals surface area contributed by atoms with Crippen LogP contribution in [0, 0.1) is 0 Å². The predicted octanol–water partition coefficient (Wildman–Crippen LogP) is 3.24. The summed E-state index contributed by atoms with van der Waals surface area (Å²) in [7, 11) is 2.19. The van der Waals surface area contributed by atoms with E-state index in [0.29, 0.717) is 12.1 Å². The average molecular weight is 248 g/mol. The number of rotatable bonds is 7. The molecule has 0 aliphatic carbocycles. The van der Waals surface area contributed by atoms with Gasteiger partial charge in [0.1, 0.15) is 0 Å². The van der Waals surface area contributed by atoms with Crippen LogP contribution in [0.4, 0.5) is 0 Å². The first kappa shape index (κ1) is 15.2. The Morgan fingerprint density at radius 2 is 1.72 bits per heavy atom. The van der Waals surface area contributed by atoms with Crippen LogP contribution in [0.1, 0.15) is 44.9 Å². The van der Waals surface area contributed by atoms with Crippen molar-refractivity contribution in [1.29, 1.82) is 0 Å². The highest BCUT2D eigenvalue weighted by Crippen LogP contribution is 2.21. The molecule has 0 saturated heterocycles. The monoisotopic (exact) mass is 248 g/mol. The molecule has 1 N–H and O–H groups in total. The van der Waals surface area contributed by atoms with Crippen molar-refractivity contribution in [2.24, 2.45) is 0 Å². The third-order valence-corrected chi connectivity index (χ3v) is 3.85. The molecule has 0 saturated carbocycles. The highest BCUT2D eigenvalue weighted by atomic mass is 15.2. The molecule has 0 spiro atoms. The molecule has 0 aromatic heterocycles. The number of likely N-dealkylation sites (N-methyl/N-ethyl adjacent to an activating group) is 2. The van der Waals surface area contributed by atoms with Crippen LogP contribution in [-0.2, 0) is 6.42 Å². The van der Waals surface area contributed by atoms with Crippen LogP contribution in [0.15, 0.2) is 24.3 Å². The van der Waals surface area contributed by atoms with E-state index < -0.39 is 0 Å². The summed E-state index contributed by atoms with van der Waals surface area (Å²) >= 11 is 0. The molecule has 0 bridgehead atoms. The maximum absolute atomic E-state index is 3.61. The van der Waals surface area contributed by atoms with Gasteiger partial charge in [-0.25, -0.2) is 0 Å². The predicted molar refractivity (Wildman–Crippen MR) is 80.0 cm³/mol. The maximum Gasteiger partial charge on any atom is 0.0475 e. The Hall–Kier alpha value is -0.860. The van der Waals surface area contributed by atoms with Crippen molar-refractivity contribution in [2.45, 2.75) is 46.2 Å². The number of benzene rings is 1. The Kier molecular flexibility index (Phi) is 6.37. The first-order valence-corrected chi connectivity index (χ1v) is 7.16. The van der Waals surface area contributed by atoms with E-state index in [0.717, 1.165) is 19.5 Å². The molecule has 0 aliphatic rings. The molecule has 1 rings (SSSR count). The molecular weight excluding hydrogens is 220 g/mol. The second kappa shape index (κ2) is 7.55. The van der Waals surface area contributed by atoms with Gasteiger partial charge < -0.3 is 10.2 Å². The minimum absolute atomic E-state index is 0.408. The quantitative estimate of drug-likeness (QED) is 0.797. The fourth-order valence-corrected chi connectivity index (χ4v) is 2.29. The lowest BCUT2D eigenvalue weighted by Crippen LogP contribution is -2.40. The lowest BCUT2D eigenvalue weighted by Gasteiger charge is -2.32. The standard InChI is InChI=1S/C16H28N2/c1-6-14-9-11-15(12-10-14)16(17-7-2)13(4)18(5)8-3/h9-13,16-17H,6-8H2,1-5H3. The van der Waals surface area contributed by atoms with Crippen LogP contribution < -0.4 is 5.32 Å². The number of nitrogens with one attached hydrogen (secondary N) is 1. The summed E-state index contributed by atoms with van der Waals surface area (Å²) in [4.78, 5) is 2.39. The normalized spacial score (nSPS) is 14.8. The third kappa shape index (κ3) is 3.82. The van der Waals surface area contributed by atoms with Gasteiger partial charge in [-0.2, -0.15) is 0 Å². The summed E-state index contributed by atoms with van der Waals surface area (Å²) < 4.78 is 0. The zero-order chi connectivity index (χ0) is 13.5. The molecular formula is C16H28N2. The van der Waals surface area contributed by atoms with Crippen molar-refractivity contribution < 1.29 is 0 Å². The van der Waals surface area contributed by atoms with Crippen molar-refractivity contribution in [1.82, 2.24) is 10.2 Å². The summed E-state index contributed by atoms with van der Waals surface area (Å²) in [6, 6.07) is 9.95. The van der Waals surface area contributed by atoms with Gasteiger partial charge in [0.15, 0.2) is 0 Å². The van der Waals surface area contributed by atoms with Crippen molar-refractivity contribution in [3.63, 3.8) is 0 Å². The number of nitrogens with zero attached hydrogens (tertiary/aromatic N) is 1. The molecule has 2 nitrogen and oxygen atoms in total. The third-order valence-electron chi connectivity index (χ3n) is 3.85. The van der Waals surface area contributed by atoms with Crippen LogP contribution in [0.3, 0.4) is 0 Å². The molecule has 2 heteroatoms. The van der Waals surface area contributed by atoms with Crippen molar-refractivity contribution in [3.8, 4) is 0 Å². The molecule has 18 heavy (non-hydrogen) atoms. The van der Waals surface area contributed by atoms with Gasteiger partial charge in [0.25, 0.3) is 0 Å². The number of hydrogen-bond donors (Lipinski definition) is 1. The minimum Gasteiger partial charge on any atom is -0.309 e. The molecule has 0 fully saturated rings. The van der Waals surface area contributed by atoms with Gasteiger partial charge >= 0.3 is 0 Å². The van der Waals surface area contributed by atoms with Crippen molar-refractivity contribution in [2.75, 3.05) is 20.1 Å². The van der Waals surface area contributed by atoms with Crippen LogP contribution >= 0.6 is 0 Å². The molecule has 0 radical (unpaired) electrons. The van der Waals surface area contributed by atoms with Crippen LogP contribution in [0.25, 0.3) is 0 Å². The Labute approximate surface area is 112 Å².